The van der Waals surface area contributed by atoms with Crippen LogP contribution in [0.1, 0.15) is 12.8 Å². The van der Waals surface area contributed by atoms with E-state index in [9.17, 15) is 14.7 Å². The Bertz CT molecular complexity index is 205. The first-order valence-corrected chi connectivity index (χ1v) is 3.03. The monoisotopic (exact) mass is 139 g/mol. The van der Waals surface area contributed by atoms with Crippen LogP contribution in [0.15, 0.2) is 12.2 Å². The molecule has 3 heteroatoms. The van der Waals surface area contributed by atoms with Crippen molar-refractivity contribution >= 4 is 11.8 Å². The van der Waals surface area contributed by atoms with Gasteiger partial charge in [0, 0.05) is 6.42 Å². The van der Waals surface area contributed by atoms with Crippen molar-refractivity contribution in [2.24, 2.45) is 5.92 Å². The molecular formula is C7H7O3-. The number of carbonyl (C=O) groups excluding carboxylic acids is 2. The van der Waals surface area contributed by atoms with Crippen LogP contribution in [0.4, 0.5) is 0 Å². The summed E-state index contributed by atoms with van der Waals surface area (Å²) in [5, 5.41) is 9.88. The number of hydrogen-bond donors (Lipinski definition) is 0. The van der Waals surface area contributed by atoms with Gasteiger partial charge in [-0.15, -0.1) is 0 Å². The molecule has 0 amide bonds. The molecule has 54 valence electrons. The number of hydrogen-bond acceptors (Lipinski definition) is 3. The molecule has 0 saturated heterocycles. The van der Waals surface area contributed by atoms with Gasteiger partial charge in [0.25, 0.3) is 0 Å². The summed E-state index contributed by atoms with van der Waals surface area (Å²) in [6.45, 7) is 3.59. The van der Waals surface area contributed by atoms with Crippen LogP contribution in [0.2, 0.25) is 0 Å². The first-order valence-electron chi connectivity index (χ1n) is 3.03. The molecule has 3 nitrogen and oxygen atoms in total. The second kappa shape index (κ2) is 2.25. The van der Waals surface area contributed by atoms with E-state index < -0.39 is 11.8 Å². The normalized spacial score (nSPS) is 22.4. The predicted octanol–water partition coefficient (Wildman–Crippen LogP) is -0.728. The van der Waals surface area contributed by atoms with Gasteiger partial charge in [0.2, 0.25) is 0 Å². The average Bonchev–Trinajstić information content (AvgIpc) is 2.46. The molecule has 1 atom stereocenters. The Balaban J connectivity index is 2.33. The quantitative estimate of drug-likeness (QED) is 0.382. The van der Waals surface area contributed by atoms with Gasteiger partial charge in [-0.2, -0.15) is 0 Å². The Morgan fingerprint density at radius 3 is 2.50 bits per heavy atom. The van der Waals surface area contributed by atoms with Gasteiger partial charge in [0.05, 0.1) is 0 Å². The molecule has 0 aromatic heterocycles. The first-order chi connectivity index (χ1) is 4.61. The Morgan fingerprint density at radius 1 is 1.70 bits per heavy atom. The highest BCUT2D eigenvalue weighted by atomic mass is 16.4. The lowest BCUT2D eigenvalue weighted by atomic mass is 10.2. The average molecular weight is 139 g/mol. The maximum atomic E-state index is 10.4. The number of Topliss-reactive ketones (excluding diaryl/α,β-unsaturated/α-hetero) is 1. The molecule has 0 N–H and O–H groups in total. The van der Waals surface area contributed by atoms with E-state index in [1.54, 1.807) is 0 Å². The lowest BCUT2D eigenvalue weighted by Gasteiger charge is -1.96. The Kier molecular flexibility index (Phi) is 1.57. The van der Waals surface area contributed by atoms with Crippen molar-refractivity contribution in [2.45, 2.75) is 12.8 Å². The van der Waals surface area contributed by atoms with Crippen molar-refractivity contribution in [3.8, 4) is 0 Å². The van der Waals surface area contributed by atoms with E-state index in [4.69, 9.17) is 0 Å². The molecule has 1 aliphatic rings. The second-order valence-electron chi connectivity index (χ2n) is 2.47. The van der Waals surface area contributed by atoms with E-state index in [1.807, 2.05) is 0 Å². The van der Waals surface area contributed by atoms with Crippen LogP contribution in [0.25, 0.3) is 0 Å². The van der Waals surface area contributed by atoms with Gasteiger partial charge in [-0.05, 0) is 12.3 Å². The standard InChI is InChI=1S/C7H8O3/c1-4-2-5(4)3-6(8)7(9)10/h5H,1-3H2,(H,9,10)/p-1. The molecule has 1 rings (SSSR count). The van der Waals surface area contributed by atoms with Crippen molar-refractivity contribution in [1.29, 1.82) is 0 Å². The smallest absolute Gasteiger partial charge is 0.178 e. The summed E-state index contributed by atoms with van der Waals surface area (Å²) in [6.07, 6.45) is 0.861. The third-order valence-corrected chi connectivity index (χ3v) is 1.59. The van der Waals surface area contributed by atoms with Crippen LogP contribution in [0.5, 0.6) is 0 Å². The van der Waals surface area contributed by atoms with Gasteiger partial charge >= 0.3 is 0 Å². The molecule has 1 aliphatic carbocycles. The van der Waals surface area contributed by atoms with Crippen molar-refractivity contribution in [1.82, 2.24) is 0 Å². The van der Waals surface area contributed by atoms with Crippen molar-refractivity contribution in [3.63, 3.8) is 0 Å². The summed E-state index contributed by atoms with van der Waals surface area (Å²) in [5.74, 6) is -2.28. The summed E-state index contributed by atoms with van der Waals surface area (Å²) in [7, 11) is 0. The predicted molar refractivity (Wildman–Crippen MR) is 31.9 cm³/mol. The largest absolute Gasteiger partial charge is 0.542 e. The molecular weight excluding hydrogens is 132 g/mol. The van der Waals surface area contributed by atoms with Gasteiger partial charge in [0.1, 0.15) is 5.97 Å². The molecule has 0 radical (unpaired) electrons. The Hall–Kier alpha value is -1.12. The highest BCUT2D eigenvalue weighted by Gasteiger charge is 2.29. The molecule has 0 heterocycles. The fourth-order valence-electron chi connectivity index (χ4n) is 0.781. The van der Waals surface area contributed by atoms with E-state index in [0.29, 0.717) is 0 Å². The molecule has 0 bridgehead atoms. The molecule has 0 aromatic carbocycles. The SMILES string of the molecule is C=C1CC1CC(=O)C(=O)[O-]. The van der Waals surface area contributed by atoms with Crippen molar-refractivity contribution in [2.75, 3.05) is 0 Å². The maximum absolute atomic E-state index is 10.4. The van der Waals surface area contributed by atoms with E-state index >= 15 is 0 Å². The second-order valence-corrected chi connectivity index (χ2v) is 2.47. The molecule has 1 unspecified atom stereocenters. The summed E-state index contributed by atoms with van der Waals surface area (Å²) in [6, 6.07) is 0. The summed E-state index contributed by atoms with van der Waals surface area (Å²) in [5.41, 5.74) is 0.967. The Labute approximate surface area is 58.4 Å². The third-order valence-electron chi connectivity index (χ3n) is 1.59. The lowest BCUT2D eigenvalue weighted by Crippen LogP contribution is -2.31. The Morgan fingerprint density at radius 2 is 2.20 bits per heavy atom. The third kappa shape index (κ3) is 1.43. The van der Waals surface area contributed by atoms with Gasteiger partial charge in [-0.3, -0.25) is 4.79 Å². The van der Waals surface area contributed by atoms with Crippen LogP contribution in [0, 0.1) is 5.92 Å². The molecule has 0 aliphatic heterocycles. The number of ketones is 1. The number of rotatable bonds is 3. The van der Waals surface area contributed by atoms with Crippen LogP contribution >= 0.6 is 0 Å². The minimum atomic E-state index is -1.58. The van der Waals surface area contributed by atoms with Gasteiger partial charge in [-0.1, -0.05) is 12.2 Å². The zero-order valence-corrected chi connectivity index (χ0v) is 5.42. The summed E-state index contributed by atoms with van der Waals surface area (Å²) >= 11 is 0. The summed E-state index contributed by atoms with van der Waals surface area (Å²) in [4.78, 5) is 20.3. The van der Waals surface area contributed by atoms with Crippen LogP contribution in [-0.4, -0.2) is 11.8 Å². The number of carboxylic acid groups (broad SMARTS) is 1. The highest BCUT2D eigenvalue weighted by molar-refractivity contribution is 6.31. The topological polar surface area (TPSA) is 57.2 Å². The zero-order chi connectivity index (χ0) is 7.72. The minimum absolute atomic E-state index is 0.0706. The minimum Gasteiger partial charge on any atom is -0.542 e. The number of carboxylic acids is 1. The zero-order valence-electron chi connectivity index (χ0n) is 5.42. The molecule has 0 spiro atoms. The molecule has 10 heavy (non-hydrogen) atoms. The van der Waals surface area contributed by atoms with Gasteiger partial charge in [0.15, 0.2) is 5.78 Å². The van der Waals surface area contributed by atoms with E-state index in [1.165, 1.54) is 0 Å². The van der Waals surface area contributed by atoms with E-state index in [2.05, 4.69) is 6.58 Å². The highest BCUT2D eigenvalue weighted by Crippen LogP contribution is 2.38. The van der Waals surface area contributed by atoms with Crippen LogP contribution < -0.4 is 5.11 Å². The van der Waals surface area contributed by atoms with Gasteiger partial charge < -0.3 is 9.90 Å². The van der Waals surface area contributed by atoms with E-state index in [-0.39, 0.29) is 12.3 Å². The molecule has 1 saturated carbocycles. The molecule has 0 aromatic rings. The van der Waals surface area contributed by atoms with Crippen LogP contribution in [-0.2, 0) is 9.59 Å². The number of allylic oxidation sites excluding steroid dienone is 1. The first kappa shape index (κ1) is 6.99. The van der Waals surface area contributed by atoms with Gasteiger partial charge in [-0.25, -0.2) is 0 Å². The number of aliphatic carboxylic acids is 1. The number of carbonyl (C=O) groups is 2. The van der Waals surface area contributed by atoms with E-state index in [0.717, 1.165) is 12.0 Å². The fraction of sp³-hybridized carbons (Fsp3) is 0.429. The van der Waals surface area contributed by atoms with Crippen molar-refractivity contribution in [3.05, 3.63) is 12.2 Å². The fourth-order valence-corrected chi connectivity index (χ4v) is 0.781. The van der Waals surface area contributed by atoms with Crippen molar-refractivity contribution < 1.29 is 14.7 Å². The summed E-state index contributed by atoms with van der Waals surface area (Å²) < 4.78 is 0. The van der Waals surface area contributed by atoms with Crippen LogP contribution in [0.3, 0.4) is 0 Å². The lowest BCUT2D eigenvalue weighted by molar-refractivity contribution is -0.300. The molecule has 1 fully saturated rings. The maximum Gasteiger partial charge on any atom is 0.178 e.